The molecule has 3 rings (SSSR count). The molecule has 162 valence electrons. The fraction of sp³-hybridized carbons (Fsp3) is 0.909. The molecule has 2 fully saturated rings. The molecule has 0 radical (unpaired) electrons. The highest BCUT2D eigenvalue weighted by Gasteiger charge is 2.36. The number of halogens is 1. The van der Waals surface area contributed by atoms with E-state index in [1.165, 1.54) is 32.1 Å². The summed E-state index contributed by atoms with van der Waals surface area (Å²) in [5, 5.41) is 7.71. The number of hydrogen-bond acceptors (Lipinski definition) is 5. The molecule has 1 saturated carbocycles. The molecule has 1 heterocycles. The largest absolute Gasteiger partial charge is 0.501 e. The molecule has 3 aliphatic rings. The van der Waals surface area contributed by atoms with Crippen LogP contribution in [0.5, 0.6) is 0 Å². The first-order valence-electron chi connectivity index (χ1n) is 11.3. The molecule has 6 heteroatoms. The van der Waals surface area contributed by atoms with Gasteiger partial charge in [-0.05, 0) is 69.9 Å². The van der Waals surface area contributed by atoms with Crippen LogP contribution in [0.15, 0.2) is 11.8 Å². The standard InChI is InChI=1S/C22H40ClN3O2/c1-15(25-13-16-7-10-18(27-2)11-8-16)26-20-6-4-3-5-19(20)22(24)21-12-9-17(23)14-28-21/h10,15-17,19-22,25-26H,3-9,11-14,24H2,1-2H3. The van der Waals surface area contributed by atoms with E-state index < -0.39 is 0 Å². The molecular weight excluding hydrogens is 374 g/mol. The van der Waals surface area contributed by atoms with E-state index >= 15 is 0 Å². The molecule has 0 spiro atoms. The Kier molecular flexibility index (Phi) is 8.92. The van der Waals surface area contributed by atoms with Crippen LogP contribution in [0.25, 0.3) is 0 Å². The van der Waals surface area contributed by atoms with Crippen molar-refractivity contribution in [1.29, 1.82) is 0 Å². The molecule has 7 unspecified atom stereocenters. The molecule has 0 aromatic rings. The van der Waals surface area contributed by atoms with Gasteiger partial charge in [0.05, 0.1) is 37.1 Å². The van der Waals surface area contributed by atoms with Crippen LogP contribution in [-0.4, -0.2) is 50.0 Å². The molecule has 1 saturated heterocycles. The third-order valence-electron chi connectivity index (χ3n) is 6.92. The van der Waals surface area contributed by atoms with Crippen molar-refractivity contribution in [1.82, 2.24) is 10.6 Å². The number of methoxy groups -OCH3 is 1. The summed E-state index contributed by atoms with van der Waals surface area (Å²) in [6.45, 7) is 3.93. The van der Waals surface area contributed by atoms with E-state index in [0.29, 0.717) is 30.7 Å². The van der Waals surface area contributed by atoms with Crippen LogP contribution in [0.2, 0.25) is 0 Å². The van der Waals surface area contributed by atoms with Crippen LogP contribution >= 0.6 is 11.6 Å². The SMILES string of the molecule is COC1=CCC(CNC(C)NC2CCCCC2C(N)C2CCC(Cl)CO2)CC1. The Bertz CT molecular complexity index is 496. The second-order valence-electron chi connectivity index (χ2n) is 8.99. The minimum absolute atomic E-state index is 0.102. The van der Waals surface area contributed by atoms with E-state index in [9.17, 15) is 0 Å². The maximum atomic E-state index is 6.70. The topological polar surface area (TPSA) is 68.5 Å². The first-order chi connectivity index (χ1) is 13.6. The van der Waals surface area contributed by atoms with Crippen molar-refractivity contribution < 1.29 is 9.47 Å². The Hall–Kier alpha value is -0.330. The van der Waals surface area contributed by atoms with Crippen molar-refractivity contribution >= 4 is 11.6 Å². The van der Waals surface area contributed by atoms with E-state index in [2.05, 4.69) is 23.6 Å². The molecule has 7 atom stereocenters. The van der Waals surface area contributed by atoms with Gasteiger partial charge in [0.25, 0.3) is 0 Å². The van der Waals surface area contributed by atoms with Crippen molar-refractivity contribution in [2.75, 3.05) is 20.3 Å². The van der Waals surface area contributed by atoms with Crippen LogP contribution in [0.1, 0.15) is 64.7 Å². The summed E-state index contributed by atoms with van der Waals surface area (Å²) in [6, 6.07) is 0.569. The van der Waals surface area contributed by atoms with E-state index in [1.807, 2.05) is 0 Å². The van der Waals surface area contributed by atoms with Crippen LogP contribution < -0.4 is 16.4 Å². The predicted octanol–water partition coefficient (Wildman–Crippen LogP) is 3.51. The summed E-state index contributed by atoms with van der Waals surface area (Å²) in [6.07, 6.45) is 13.1. The smallest absolute Gasteiger partial charge is 0.0915 e. The zero-order valence-corrected chi connectivity index (χ0v) is 18.4. The van der Waals surface area contributed by atoms with Gasteiger partial charge in [-0.15, -0.1) is 11.6 Å². The Labute approximate surface area is 176 Å². The van der Waals surface area contributed by atoms with Gasteiger partial charge < -0.3 is 20.5 Å². The summed E-state index contributed by atoms with van der Waals surface area (Å²) in [7, 11) is 1.77. The zero-order chi connectivity index (χ0) is 19.9. The summed E-state index contributed by atoms with van der Waals surface area (Å²) in [5.41, 5.74) is 6.70. The number of alkyl halides is 1. The van der Waals surface area contributed by atoms with E-state index in [-0.39, 0.29) is 17.5 Å². The molecule has 5 nitrogen and oxygen atoms in total. The summed E-state index contributed by atoms with van der Waals surface area (Å²) < 4.78 is 11.3. The fourth-order valence-corrected chi connectivity index (χ4v) is 5.30. The Morgan fingerprint density at radius 2 is 2.07 bits per heavy atom. The summed E-state index contributed by atoms with van der Waals surface area (Å²) in [5.74, 6) is 2.33. The number of rotatable bonds is 8. The van der Waals surface area contributed by atoms with Crippen molar-refractivity contribution in [2.45, 2.75) is 94.4 Å². The quantitative estimate of drug-likeness (QED) is 0.419. The second kappa shape index (κ2) is 11.2. The first-order valence-corrected chi connectivity index (χ1v) is 11.7. The molecule has 0 aromatic carbocycles. The Morgan fingerprint density at radius 1 is 1.25 bits per heavy atom. The van der Waals surface area contributed by atoms with Gasteiger partial charge in [-0.1, -0.05) is 12.8 Å². The highest BCUT2D eigenvalue weighted by Crippen LogP contribution is 2.31. The Balaban J connectivity index is 1.45. The van der Waals surface area contributed by atoms with Gasteiger partial charge >= 0.3 is 0 Å². The van der Waals surface area contributed by atoms with Crippen LogP contribution in [0, 0.1) is 11.8 Å². The van der Waals surface area contributed by atoms with Gasteiger partial charge in [-0.25, -0.2) is 0 Å². The maximum absolute atomic E-state index is 6.70. The van der Waals surface area contributed by atoms with Crippen LogP contribution in [-0.2, 0) is 9.47 Å². The molecule has 4 N–H and O–H groups in total. The van der Waals surface area contributed by atoms with Gasteiger partial charge in [0.15, 0.2) is 0 Å². The number of nitrogens with one attached hydrogen (secondary N) is 2. The average Bonchev–Trinajstić information content (AvgIpc) is 2.73. The van der Waals surface area contributed by atoms with Crippen LogP contribution in [0.4, 0.5) is 0 Å². The van der Waals surface area contributed by atoms with Crippen LogP contribution in [0.3, 0.4) is 0 Å². The minimum atomic E-state index is 0.102. The van der Waals surface area contributed by atoms with Crippen molar-refractivity contribution in [3.63, 3.8) is 0 Å². The maximum Gasteiger partial charge on any atom is 0.0915 e. The third kappa shape index (κ3) is 6.33. The molecule has 0 aromatic heterocycles. The summed E-state index contributed by atoms with van der Waals surface area (Å²) in [4.78, 5) is 0. The first kappa shape index (κ1) is 22.4. The third-order valence-corrected chi connectivity index (χ3v) is 7.26. The normalized spacial score (nSPS) is 36.4. The van der Waals surface area contributed by atoms with Gasteiger partial charge in [0, 0.05) is 18.5 Å². The number of ether oxygens (including phenoxy) is 2. The van der Waals surface area contributed by atoms with E-state index in [0.717, 1.165) is 38.0 Å². The van der Waals surface area contributed by atoms with E-state index in [1.54, 1.807) is 7.11 Å². The van der Waals surface area contributed by atoms with Crippen molar-refractivity contribution in [3.8, 4) is 0 Å². The Morgan fingerprint density at radius 3 is 2.75 bits per heavy atom. The molecule has 0 bridgehead atoms. The lowest BCUT2D eigenvalue weighted by molar-refractivity contribution is -0.0183. The van der Waals surface area contributed by atoms with Gasteiger partial charge in [0.2, 0.25) is 0 Å². The van der Waals surface area contributed by atoms with Gasteiger partial charge in [-0.3, -0.25) is 5.32 Å². The fourth-order valence-electron chi connectivity index (χ4n) is 5.10. The second-order valence-corrected chi connectivity index (χ2v) is 9.61. The monoisotopic (exact) mass is 413 g/mol. The molecule has 1 aliphatic heterocycles. The highest BCUT2D eigenvalue weighted by molar-refractivity contribution is 6.20. The lowest BCUT2D eigenvalue weighted by atomic mass is 9.77. The minimum Gasteiger partial charge on any atom is -0.501 e. The lowest BCUT2D eigenvalue weighted by Gasteiger charge is -2.42. The van der Waals surface area contributed by atoms with Gasteiger partial charge in [-0.2, -0.15) is 0 Å². The van der Waals surface area contributed by atoms with Gasteiger partial charge in [0.1, 0.15) is 0 Å². The van der Waals surface area contributed by atoms with E-state index in [4.69, 9.17) is 26.8 Å². The number of allylic oxidation sites excluding steroid dienone is 2. The molecule has 2 aliphatic carbocycles. The summed E-state index contributed by atoms with van der Waals surface area (Å²) >= 11 is 6.19. The average molecular weight is 414 g/mol. The number of hydrogen-bond donors (Lipinski definition) is 3. The highest BCUT2D eigenvalue weighted by atomic mass is 35.5. The predicted molar refractivity (Wildman–Crippen MR) is 115 cm³/mol. The van der Waals surface area contributed by atoms with Crippen molar-refractivity contribution in [2.24, 2.45) is 17.6 Å². The molecule has 28 heavy (non-hydrogen) atoms. The lowest BCUT2D eigenvalue weighted by Crippen LogP contribution is -2.57. The van der Waals surface area contributed by atoms with Crippen molar-refractivity contribution in [3.05, 3.63) is 11.8 Å². The zero-order valence-electron chi connectivity index (χ0n) is 17.7. The molecular formula is C22H40ClN3O2. The number of nitrogens with two attached hydrogens (primary N) is 1. The molecule has 0 amide bonds.